The summed E-state index contributed by atoms with van der Waals surface area (Å²) in [7, 11) is -0.908. The quantitative estimate of drug-likeness (QED) is 0.526. The van der Waals surface area contributed by atoms with E-state index in [1.165, 1.54) is 10.4 Å². The summed E-state index contributed by atoms with van der Waals surface area (Å²) in [5.74, 6) is 1.78. The van der Waals surface area contributed by atoms with Crippen LogP contribution in [-0.4, -0.2) is 91.1 Å². The lowest BCUT2D eigenvalue weighted by atomic mass is 10.2. The van der Waals surface area contributed by atoms with Gasteiger partial charge in [0.25, 0.3) is 0 Å². The summed E-state index contributed by atoms with van der Waals surface area (Å²) in [5.41, 5.74) is 8.60. The maximum absolute atomic E-state index is 12.5. The summed E-state index contributed by atoms with van der Waals surface area (Å²) < 4.78 is 21.3. The number of aromatic nitrogens is 4. The van der Waals surface area contributed by atoms with Gasteiger partial charge in [-0.05, 0) is 26.3 Å². The van der Waals surface area contributed by atoms with Crippen LogP contribution >= 0.6 is 11.3 Å². The highest BCUT2D eigenvalue weighted by atomic mass is 32.2. The molecule has 0 spiro atoms. The highest BCUT2D eigenvalue weighted by Gasteiger charge is 2.26. The smallest absolute Gasteiger partial charge is 0.219 e. The average Bonchev–Trinajstić information content (AvgIpc) is 3.19. The first kappa shape index (κ1) is 24.4. The Morgan fingerprint density at radius 1 is 1.09 bits per heavy atom. The molecule has 0 saturated carbocycles. The van der Waals surface area contributed by atoms with Crippen LogP contribution < -0.4 is 10.6 Å². The molecule has 0 aliphatic carbocycles. The van der Waals surface area contributed by atoms with Gasteiger partial charge in [0.2, 0.25) is 5.95 Å². The number of aryl methyl sites for hydroxylation is 1. The lowest BCUT2D eigenvalue weighted by molar-refractivity contribution is 0.122. The van der Waals surface area contributed by atoms with E-state index in [0.29, 0.717) is 19.0 Å². The second-order valence-corrected chi connectivity index (χ2v) is 12.3. The molecule has 0 radical (unpaired) electrons. The molecule has 0 bridgehead atoms. The predicted octanol–water partition coefficient (Wildman–Crippen LogP) is 2.07. The fourth-order valence-corrected chi connectivity index (χ4v) is 6.83. The minimum Gasteiger partial charge on any atom is -0.378 e. The molecule has 3 aromatic rings. The number of thiophene rings is 1. The van der Waals surface area contributed by atoms with Crippen LogP contribution in [0.5, 0.6) is 0 Å². The molecule has 5 rings (SSSR count). The van der Waals surface area contributed by atoms with Gasteiger partial charge in [0, 0.05) is 68.3 Å². The van der Waals surface area contributed by atoms with Gasteiger partial charge in [-0.3, -0.25) is 4.90 Å². The number of ether oxygens (including phenoxy) is 1. The third kappa shape index (κ3) is 5.17. The van der Waals surface area contributed by atoms with Crippen molar-refractivity contribution in [3.8, 4) is 11.4 Å². The molecule has 2 saturated heterocycles. The number of hydrogen-bond donors (Lipinski definition) is 1. The largest absolute Gasteiger partial charge is 0.378 e. The molecular weight excluding hydrogens is 484 g/mol. The average molecular weight is 517 g/mol. The molecule has 35 heavy (non-hydrogen) atoms. The molecule has 2 N–H and O–H groups in total. The number of nitrogens with zero attached hydrogens (tertiary/aromatic N) is 7. The summed E-state index contributed by atoms with van der Waals surface area (Å²) in [6, 6.07) is 0. The van der Waals surface area contributed by atoms with Gasteiger partial charge in [-0.1, -0.05) is 0 Å². The van der Waals surface area contributed by atoms with Crippen LogP contribution in [0.15, 0.2) is 12.4 Å². The van der Waals surface area contributed by atoms with Gasteiger partial charge in [0.15, 0.2) is 11.6 Å². The van der Waals surface area contributed by atoms with Crippen molar-refractivity contribution in [2.45, 2.75) is 32.6 Å². The van der Waals surface area contributed by atoms with Crippen LogP contribution in [0.3, 0.4) is 0 Å². The maximum atomic E-state index is 12.5. The van der Waals surface area contributed by atoms with Gasteiger partial charge in [-0.25, -0.2) is 28.5 Å². The monoisotopic (exact) mass is 516 g/mol. The Morgan fingerprint density at radius 3 is 2.43 bits per heavy atom. The lowest BCUT2D eigenvalue weighted by Gasteiger charge is -2.34. The number of nitrogens with two attached hydrogens (primary N) is 1. The number of nitrogen functional groups attached to an aromatic ring is 1. The van der Waals surface area contributed by atoms with E-state index in [1.54, 1.807) is 23.7 Å². The fourth-order valence-electron chi connectivity index (χ4n) is 4.41. The van der Waals surface area contributed by atoms with Crippen molar-refractivity contribution in [1.82, 2.24) is 29.1 Å². The molecule has 2 aliphatic rings. The van der Waals surface area contributed by atoms with Crippen LogP contribution in [0.4, 0.5) is 11.8 Å². The summed E-state index contributed by atoms with van der Waals surface area (Å²) in [6.07, 6.45) is 3.35. The normalized spacial score (nSPS) is 19.0. The number of piperazine rings is 1. The van der Waals surface area contributed by atoms with Crippen LogP contribution in [0.1, 0.15) is 24.3 Å². The van der Waals surface area contributed by atoms with Crippen LogP contribution in [0.2, 0.25) is 0 Å². The topological polar surface area (TPSA) is 114 Å². The first-order chi connectivity index (χ1) is 16.9. The third-order valence-electron chi connectivity index (χ3n) is 6.44. The summed E-state index contributed by atoms with van der Waals surface area (Å²) >= 11 is 1.78. The van der Waals surface area contributed by atoms with E-state index >= 15 is 0 Å². The van der Waals surface area contributed by atoms with Crippen molar-refractivity contribution in [2.75, 3.05) is 63.1 Å². The van der Waals surface area contributed by atoms with Crippen molar-refractivity contribution < 1.29 is 8.95 Å². The van der Waals surface area contributed by atoms with Crippen molar-refractivity contribution in [2.24, 2.45) is 0 Å². The molecular formula is C23H32N8O2S2. The Hall–Kier alpha value is -2.25. The van der Waals surface area contributed by atoms with Crippen molar-refractivity contribution >= 4 is 44.3 Å². The van der Waals surface area contributed by atoms with Crippen molar-refractivity contribution in [1.29, 1.82) is 0 Å². The van der Waals surface area contributed by atoms with Gasteiger partial charge in [-0.2, -0.15) is 0 Å². The summed E-state index contributed by atoms with van der Waals surface area (Å²) in [4.78, 5) is 24.2. The second kappa shape index (κ2) is 10.4. The molecule has 188 valence electrons. The second-order valence-electron chi connectivity index (χ2n) is 9.16. The van der Waals surface area contributed by atoms with Gasteiger partial charge >= 0.3 is 0 Å². The van der Waals surface area contributed by atoms with E-state index in [1.807, 2.05) is 13.8 Å². The lowest BCUT2D eigenvalue weighted by Crippen LogP contribution is -2.47. The van der Waals surface area contributed by atoms with E-state index < -0.39 is 11.0 Å². The molecule has 2 aliphatic heterocycles. The van der Waals surface area contributed by atoms with E-state index in [9.17, 15) is 4.21 Å². The molecule has 10 nitrogen and oxygen atoms in total. The minimum absolute atomic E-state index is 0.157. The first-order valence-electron chi connectivity index (χ1n) is 12.0. The Labute approximate surface area is 212 Å². The molecule has 1 atom stereocenters. The number of morpholine rings is 1. The Kier molecular flexibility index (Phi) is 7.26. The standard InChI is InChI=1S/C23H32N8O2S2/c1-15(2)35(32)31-6-4-29(5-7-31)14-18-16(3)19-20(34-18)22(30-8-10-33-11-9-30)28-21(27-19)17-12-25-23(24)26-13-17/h12-13,15H,4-11,14H2,1-3H3,(H2,24,25,26). The molecule has 0 aromatic carbocycles. The van der Waals surface area contributed by atoms with Gasteiger partial charge in [-0.15, -0.1) is 11.3 Å². The zero-order chi connectivity index (χ0) is 24.5. The highest BCUT2D eigenvalue weighted by molar-refractivity contribution is 7.83. The number of fused-ring (bicyclic) bond motifs is 1. The molecule has 12 heteroatoms. The number of anilines is 2. The maximum Gasteiger partial charge on any atom is 0.219 e. The van der Waals surface area contributed by atoms with E-state index in [0.717, 1.165) is 67.4 Å². The van der Waals surface area contributed by atoms with Crippen LogP contribution in [0, 0.1) is 6.92 Å². The van der Waals surface area contributed by atoms with Crippen LogP contribution in [-0.2, 0) is 22.3 Å². The fraction of sp³-hybridized carbons (Fsp3) is 0.565. The summed E-state index contributed by atoms with van der Waals surface area (Å²) in [5, 5.41) is 0.157. The van der Waals surface area contributed by atoms with Crippen molar-refractivity contribution in [3.63, 3.8) is 0 Å². The highest BCUT2D eigenvalue weighted by Crippen LogP contribution is 2.38. The van der Waals surface area contributed by atoms with Crippen LogP contribution in [0.25, 0.3) is 21.6 Å². The Bertz CT molecular complexity index is 1200. The predicted molar refractivity (Wildman–Crippen MR) is 141 cm³/mol. The molecule has 0 amide bonds. The minimum atomic E-state index is -0.908. The van der Waals surface area contributed by atoms with Crippen molar-refractivity contribution in [3.05, 3.63) is 22.8 Å². The van der Waals surface area contributed by atoms with E-state index in [2.05, 4.69) is 31.0 Å². The SMILES string of the molecule is Cc1c(CN2CCN(S(=O)C(C)C)CC2)sc2c(N3CCOCC3)nc(-c3cnc(N)nc3)nc12. The van der Waals surface area contributed by atoms with Gasteiger partial charge < -0.3 is 15.4 Å². The molecule has 5 heterocycles. The Morgan fingerprint density at radius 2 is 1.77 bits per heavy atom. The van der Waals surface area contributed by atoms with E-state index in [4.69, 9.17) is 20.4 Å². The third-order valence-corrected chi connectivity index (χ3v) is 9.39. The first-order valence-corrected chi connectivity index (χ1v) is 14.0. The number of hydrogen-bond acceptors (Lipinski definition) is 10. The summed E-state index contributed by atoms with van der Waals surface area (Å²) in [6.45, 7) is 13.5. The number of rotatable bonds is 6. The van der Waals surface area contributed by atoms with E-state index in [-0.39, 0.29) is 11.2 Å². The molecule has 2 fully saturated rings. The zero-order valence-electron chi connectivity index (χ0n) is 20.4. The van der Waals surface area contributed by atoms with Gasteiger partial charge in [0.05, 0.1) is 40.0 Å². The zero-order valence-corrected chi connectivity index (χ0v) is 22.1. The molecule has 3 aromatic heterocycles. The Balaban J connectivity index is 1.45. The molecule has 1 unspecified atom stereocenters. The van der Waals surface area contributed by atoms with Gasteiger partial charge in [0.1, 0.15) is 0 Å².